The van der Waals surface area contributed by atoms with Crippen molar-refractivity contribution in [3.8, 4) is 0 Å². The summed E-state index contributed by atoms with van der Waals surface area (Å²) < 4.78 is 0. The standard InChI is InChI=1S/C16H26N2O/c1-5-16(4,6-2)18-15(19)11-12(3)13-7-9-14(17)10-8-13/h7-10,12H,5-6,11,17H2,1-4H3,(H,18,19). The van der Waals surface area contributed by atoms with Crippen molar-refractivity contribution >= 4 is 11.6 Å². The van der Waals surface area contributed by atoms with Crippen molar-refractivity contribution in [1.82, 2.24) is 5.32 Å². The Kier molecular flexibility index (Phi) is 5.40. The van der Waals surface area contributed by atoms with Gasteiger partial charge in [-0.3, -0.25) is 4.79 Å². The second-order valence-corrected chi connectivity index (χ2v) is 5.59. The van der Waals surface area contributed by atoms with Crippen LogP contribution in [0.3, 0.4) is 0 Å². The Morgan fingerprint density at radius 1 is 1.26 bits per heavy atom. The molecule has 19 heavy (non-hydrogen) atoms. The monoisotopic (exact) mass is 262 g/mol. The van der Waals surface area contributed by atoms with Crippen LogP contribution in [0.1, 0.15) is 58.4 Å². The molecule has 106 valence electrons. The molecule has 0 saturated heterocycles. The van der Waals surface area contributed by atoms with Crippen LogP contribution >= 0.6 is 0 Å². The molecular formula is C16H26N2O. The zero-order valence-corrected chi connectivity index (χ0v) is 12.5. The number of hydrogen-bond donors (Lipinski definition) is 2. The fraction of sp³-hybridized carbons (Fsp3) is 0.562. The van der Waals surface area contributed by atoms with Gasteiger partial charge in [-0.2, -0.15) is 0 Å². The SMILES string of the molecule is CCC(C)(CC)NC(=O)CC(C)c1ccc(N)cc1. The van der Waals surface area contributed by atoms with Crippen LogP contribution in [0, 0.1) is 0 Å². The molecule has 3 nitrogen and oxygen atoms in total. The van der Waals surface area contributed by atoms with E-state index in [2.05, 4.69) is 33.0 Å². The Bertz CT molecular complexity index is 407. The number of benzene rings is 1. The highest BCUT2D eigenvalue weighted by Gasteiger charge is 2.22. The van der Waals surface area contributed by atoms with Gasteiger partial charge in [0.15, 0.2) is 0 Å². The minimum Gasteiger partial charge on any atom is -0.399 e. The molecule has 1 atom stereocenters. The summed E-state index contributed by atoms with van der Waals surface area (Å²) >= 11 is 0. The summed E-state index contributed by atoms with van der Waals surface area (Å²) in [4.78, 5) is 12.1. The highest BCUT2D eigenvalue weighted by molar-refractivity contribution is 5.77. The van der Waals surface area contributed by atoms with E-state index in [1.54, 1.807) is 0 Å². The van der Waals surface area contributed by atoms with E-state index >= 15 is 0 Å². The fourth-order valence-electron chi connectivity index (χ4n) is 2.03. The molecule has 1 rings (SSSR count). The first-order valence-corrected chi connectivity index (χ1v) is 7.06. The van der Waals surface area contributed by atoms with Gasteiger partial charge in [0, 0.05) is 17.6 Å². The molecule has 0 aliphatic rings. The molecular weight excluding hydrogens is 236 g/mol. The van der Waals surface area contributed by atoms with Gasteiger partial charge in [-0.15, -0.1) is 0 Å². The Balaban J connectivity index is 2.59. The summed E-state index contributed by atoms with van der Waals surface area (Å²) in [5, 5.41) is 3.14. The molecule has 0 aromatic heterocycles. The van der Waals surface area contributed by atoms with Gasteiger partial charge in [-0.05, 0) is 43.4 Å². The Morgan fingerprint density at radius 2 is 1.79 bits per heavy atom. The van der Waals surface area contributed by atoms with E-state index in [-0.39, 0.29) is 17.4 Å². The maximum atomic E-state index is 12.1. The van der Waals surface area contributed by atoms with Crippen molar-refractivity contribution in [1.29, 1.82) is 0 Å². The molecule has 0 fully saturated rings. The lowest BCUT2D eigenvalue weighted by atomic mass is 9.93. The molecule has 0 radical (unpaired) electrons. The predicted molar refractivity (Wildman–Crippen MR) is 81.0 cm³/mol. The third-order valence-electron chi connectivity index (χ3n) is 4.00. The number of anilines is 1. The van der Waals surface area contributed by atoms with Crippen LogP contribution in [0.15, 0.2) is 24.3 Å². The molecule has 0 saturated carbocycles. The maximum absolute atomic E-state index is 12.1. The van der Waals surface area contributed by atoms with Gasteiger partial charge in [0.1, 0.15) is 0 Å². The summed E-state index contributed by atoms with van der Waals surface area (Å²) in [6.45, 7) is 8.37. The molecule has 1 aromatic rings. The first-order chi connectivity index (χ1) is 8.90. The Hall–Kier alpha value is -1.51. The zero-order chi connectivity index (χ0) is 14.5. The maximum Gasteiger partial charge on any atom is 0.221 e. The third-order valence-corrected chi connectivity index (χ3v) is 4.00. The summed E-state index contributed by atoms with van der Waals surface area (Å²) in [6.07, 6.45) is 2.41. The number of nitrogens with one attached hydrogen (secondary N) is 1. The largest absolute Gasteiger partial charge is 0.399 e. The number of carbonyl (C=O) groups excluding carboxylic acids is 1. The van der Waals surface area contributed by atoms with E-state index in [1.807, 2.05) is 24.3 Å². The Morgan fingerprint density at radius 3 is 2.26 bits per heavy atom. The van der Waals surface area contributed by atoms with Crippen LogP contribution in [0.4, 0.5) is 5.69 Å². The van der Waals surface area contributed by atoms with Gasteiger partial charge in [-0.1, -0.05) is 32.9 Å². The average Bonchev–Trinajstić information content (AvgIpc) is 2.39. The molecule has 0 heterocycles. The number of carbonyl (C=O) groups is 1. The van der Waals surface area contributed by atoms with Crippen molar-refractivity contribution in [3.63, 3.8) is 0 Å². The molecule has 0 spiro atoms. The molecule has 1 amide bonds. The topological polar surface area (TPSA) is 55.1 Å². The molecule has 3 N–H and O–H groups in total. The lowest BCUT2D eigenvalue weighted by Gasteiger charge is -2.29. The van der Waals surface area contributed by atoms with E-state index in [1.165, 1.54) is 0 Å². The van der Waals surface area contributed by atoms with E-state index < -0.39 is 0 Å². The van der Waals surface area contributed by atoms with Crippen LogP contribution < -0.4 is 11.1 Å². The van der Waals surface area contributed by atoms with Crippen molar-refractivity contribution in [2.75, 3.05) is 5.73 Å². The number of nitrogens with two attached hydrogens (primary N) is 1. The summed E-state index contributed by atoms with van der Waals surface area (Å²) in [7, 11) is 0. The van der Waals surface area contributed by atoms with Crippen LogP contribution in [0.25, 0.3) is 0 Å². The van der Waals surface area contributed by atoms with Gasteiger partial charge < -0.3 is 11.1 Å². The lowest BCUT2D eigenvalue weighted by molar-refractivity contribution is -0.123. The van der Waals surface area contributed by atoms with Crippen LogP contribution in [-0.4, -0.2) is 11.4 Å². The second kappa shape index (κ2) is 6.60. The number of hydrogen-bond acceptors (Lipinski definition) is 2. The summed E-state index contributed by atoms with van der Waals surface area (Å²) in [5.41, 5.74) is 7.49. The number of rotatable bonds is 6. The molecule has 3 heteroatoms. The first kappa shape index (κ1) is 15.5. The minimum atomic E-state index is -0.0854. The summed E-state index contributed by atoms with van der Waals surface area (Å²) in [6, 6.07) is 7.75. The minimum absolute atomic E-state index is 0.0854. The predicted octanol–water partition coefficient (Wildman–Crippen LogP) is 3.46. The quantitative estimate of drug-likeness (QED) is 0.771. The smallest absolute Gasteiger partial charge is 0.221 e. The molecule has 1 aromatic carbocycles. The van der Waals surface area contributed by atoms with Gasteiger partial charge in [0.2, 0.25) is 5.91 Å². The highest BCUT2D eigenvalue weighted by atomic mass is 16.1. The number of nitrogen functional groups attached to an aromatic ring is 1. The van der Waals surface area contributed by atoms with Crippen LogP contribution in [0.5, 0.6) is 0 Å². The van der Waals surface area contributed by atoms with Gasteiger partial charge in [0.25, 0.3) is 0 Å². The Labute approximate surface area is 116 Å². The number of amides is 1. The zero-order valence-electron chi connectivity index (χ0n) is 12.5. The van der Waals surface area contributed by atoms with E-state index in [0.717, 1.165) is 24.1 Å². The molecule has 0 bridgehead atoms. The van der Waals surface area contributed by atoms with Gasteiger partial charge >= 0.3 is 0 Å². The second-order valence-electron chi connectivity index (χ2n) is 5.59. The first-order valence-electron chi connectivity index (χ1n) is 7.06. The van der Waals surface area contributed by atoms with Crippen molar-refractivity contribution in [3.05, 3.63) is 29.8 Å². The van der Waals surface area contributed by atoms with Gasteiger partial charge in [-0.25, -0.2) is 0 Å². The molecule has 1 unspecified atom stereocenters. The van der Waals surface area contributed by atoms with Gasteiger partial charge in [0.05, 0.1) is 0 Å². The summed E-state index contributed by atoms with van der Waals surface area (Å²) in [5.74, 6) is 0.328. The highest BCUT2D eigenvalue weighted by Crippen LogP contribution is 2.21. The van der Waals surface area contributed by atoms with E-state index in [0.29, 0.717) is 6.42 Å². The fourth-order valence-corrected chi connectivity index (χ4v) is 2.03. The van der Waals surface area contributed by atoms with Crippen molar-refractivity contribution in [2.45, 2.75) is 58.4 Å². The van der Waals surface area contributed by atoms with E-state index in [9.17, 15) is 4.79 Å². The normalized spacial score (nSPS) is 13.1. The van der Waals surface area contributed by atoms with Crippen molar-refractivity contribution in [2.24, 2.45) is 0 Å². The lowest BCUT2D eigenvalue weighted by Crippen LogP contribution is -2.45. The average molecular weight is 262 g/mol. The molecule has 0 aliphatic heterocycles. The molecule has 0 aliphatic carbocycles. The third kappa shape index (κ3) is 4.58. The van der Waals surface area contributed by atoms with Crippen LogP contribution in [-0.2, 0) is 4.79 Å². The van der Waals surface area contributed by atoms with Crippen molar-refractivity contribution < 1.29 is 4.79 Å². The van der Waals surface area contributed by atoms with E-state index in [4.69, 9.17) is 5.73 Å². The van der Waals surface area contributed by atoms with Crippen LogP contribution in [0.2, 0.25) is 0 Å².